The molecule has 1 fully saturated rings. The average molecular weight is 412 g/mol. The summed E-state index contributed by atoms with van der Waals surface area (Å²) in [6, 6.07) is 15.8. The van der Waals surface area contributed by atoms with E-state index in [1.54, 1.807) is 16.7 Å². The molecule has 0 atom stereocenters. The van der Waals surface area contributed by atoms with Gasteiger partial charge < -0.3 is 10.2 Å². The third kappa shape index (κ3) is 4.43. The van der Waals surface area contributed by atoms with Crippen LogP contribution in [0, 0.1) is 5.82 Å². The normalized spacial score (nSPS) is 15.2. The van der Waals surface area contributed by atoms with Gasteiger partial charge in [0, 0.05) is 29.8 Å². The Bertz CT molecular complexity index is 986. The molecule has 0 saturated carbocycles. The molecule has 142 valence electrons. The van der Waals surface area contributed by atoms with Gasteiger partial charge in [0.15, 0.2) is 5.13 Å². The van der Waals surface area contributed by atoms with E-state index in [9.17, 15) is 9.18 Å². The first-order valence-electron chi connectivity index (χ1n) is 8.84. The number of nitrogens with zero attached hydrogens (tertiary/aromatic N) is 2. The summed E-state index contributed by atoms with van der Waals surface area (Å²) in [5.74, 6) is 0.372. The maximum Gasteiger partial charge on any atom is 0.258 e. The van der Waals surface area contributed by atoms with Crippen LogP contribution in [0.1, 0.15) is 21.6 Å². The number of aromatic nitrogens is 1. The fourth-order valence-corrected chi connectivity index (χ4v) is 4.52. The van der Waals surface area contributed by atoms with Crippen LogP contribution in [0.25, 0.3) is 6.08 Å². The Labute approximate surface area is 171 Å². The van der Waals surface area contributed by atoms with Crippen molar-refractivity contribution in [3.63, 3.8) is 0 Å². The highest BCUT2D eigenvalue weighted by molar-refractivity contribution is 8.03. The number of amides is 1. The lowest BCUT2D eigenvalue weighted by Gasteiger charge is -2.16. The molecule has 3 aromatic rings. The Balaban J connectivity index is 1.45. The number of anilines is 1. The zero-order valence-corrected chi connectivity index (χ0v) is 16.6. The molecule has 0 aliphatic carbocycles. The van der Waals surface area contributed by atoms with Crippen LogP contribution in [0.2, 0.25) is 0 Å². The number of benzene rings is 2. The van der Waals surface area contributed by atoms with Crippen molar-refractivity contribution in [3.05, 3.63) is 87.6 Å². The van der Waals surface area contributed by atoms with Crippen molar-refractivity contribution in [3.8, 4) is 0 Å². The highest BCUT2D eigenvalue weighted by atomic mass is 32.2. The molecule has 0 bridgehead atoms. The van der Waals surface area contributed by atoms with Crippen LogP contribution >= 0.6 is 23.1 Å². The minimum absolute atomic E-state index is 0.117. The van der Waals surface area contributed by atoms with Crippen LogP contribution in [0.3, 0.4) is 0 Å². The van der Waals surface area contributed by atoms with E-state index < -0.39 is 0 Å². The molecule has 4 nitrogen and oxygen atoms in total. The predicted octanol–water partition coefficient (Wildman–Crippen LogP) is 5.08. The lowest BCUT2D eigenvalue weighted by Crippen LogP contribution is -2.26. The van der Waals surface area contributed by atoms with E-state index in [0.29, 0.717) is 18.7 Å². The maximum atomic E-state index is 13.1. The molecular formula is C21H18FN3OS2. The molecule has 7 heteroatoms. The van der Waals surface area contributed by atoms with E-state index in [0.717, 1.165) is 21.6 Å². The Morgan fingerprint density at radius 3 is 2.75 bits per heavy atom. The standard InChI is InChI=1S/C21H18FN3OS2/c22-17-8-6-16(7-9-17)20(26)25-10-11-27-19(25)12-18-14-28-21(24-18)23-13-15-4-2-1-3-5-15/h1-9,12,14H,10-11,13H2,(H,23,24)/b19-12+. The molecule has 1 aliphatic heterocycles. The number of hydrogen-bond donors (Lipinski definition) is 1. The third-order valence-corrected chi connectivity index (χ3v) is 6.09. The van der Waals surface area contributed by atoms with E-state index in [1.165, 1.54) is 41.2 Å². The number of thiazole rings is 1. The van der Waals surface area contributed by atoms with Gasteiger partial charge in [0.05, 0.1) is 10.7 Å². The third-order valence-electron chi connectivity index (χ3n) is 4.25. The van der Waals surface area contributed by atoms with Crippen molar-refractivity contribution in [1.29, 1.82) is 0 Å². The monoisotopic (exact) mass is 411 g/mol. The first-order valence-corrected chi connectivity index (χ1v) is 10.7. The molecular weight excluding hydrogens is 393 g/mol. The molecule has 1 aromatic heterocycles. The van der Waals surface area contributed by atoms with E-state index in [-0.39, 0.29) is 11.7 Å². The summed E-state index contributed by atoms with van der Waals surface area (Å²) >= 11 is 3.17. The summed E-state index contributed by atoms with van der Waals surface area (Å²) in [5, 5.41) is 7.01. The number of carbonyl (C=O) groups is 1. The van der Waals surface area contributed by atoms with Crippen LogP contribution in [0.15, 0.2) is 65.0 Å². The van der Waals surface area contributed by atoms with Gasteiger partial charge in [-0.1, -0.05) is 30.3 Å². The Hall–Kier alpha value is -2.64. The lowest BCUT2D eigenvalue weighted by molar-refractivity contribution is 0.0831. The highest BCUT2D eigenvalue weighted by Crippen LogP contribution is 2.32. The lowest BCUT2D eigenvalue weighted by atomic mass is 10.2. The van der Waals surface area contributed by atoms with Crippen molar-refractivity contribution in [2.45, 2.75) is 6.54 Å². The number of carbonyl (C=O) groups excluding carboxylic acids is 1. The first-order chi connectivity index (χ1) is 13.7. The minimum Gasteiger partial charge on any atom is -0.357 e. The fraction of sp³-hybridized carbons (Fsp3) is 0.143. The van der Waals surface area contributed by atoms with Crippen molar-refractivity contribution >= 4 is 40.2 Å². The molecule has 1 aliphatic rings. The summed E-state index contributed by atoms with van der Waals surface area (Å²) in [5.41, 5.74) is 2.50. The molecule has 2 aromatic carbocycles. The predicted molar refractivity (Wildman–Crippen MR) is 114 cm³/mol. The Morgan fingerprint density at radius 2 is 1.96 bits per heavy atom. The van der Waals surface area contributed by atoms with Crippen LogP contribution in [0.5, 0.6) is 0 Å². The van der Waals surface area contributed by atoms with Crippen molar-refractivity contribution in [2.75, 3.05) is 17.6 Å². The SMILES string of the molecule is O=C(c1ccc(F)cc1)N1CCS/C1=C/c1csc(NCc2ccccc2)n1. The molecule has 28 heavy (non-hydrogen) atoms. The number of thioether (sulfide) groups is 1. The van der Waals surface area contributed by atoms with Crippen LogP contribution < -0.4 is 5.32 Å². The first kappa shape index (κ1) is 18.7. The minimum atomic E-state index is -0.346. The largest absolute Gasteiger partial charge is 0.357 e. The van der Waals surface area contributed by atoms with Crippen molar-refractivity contribution < 1.29 is 9.18 Å². The van der Waals surface area contributed by atoms with Crippen molar-refractivity contribution in [2.24, 2.45) is 0 Å². The number of hydrogen-bond acceptors (Lipinski definition) is 5. The van der Waals surface area contributed by atoms with Gasteiger partial charge in [-0.3, -0.25) is 4.79 Å². The van der Waals surface area contributed by atoms with E-state index in [4.69, 9.17) is 0 Å². The smallest absolute Gasteiger partial charge is 0.258 e. The van der Waals surface area contributed by atoms with Crippen LogP contribution in [-0.2, 0) is 6.54 Å². The van der Waals surface area contributed by atoms with Gasteiger partial charge >= 0.3 is 0 Å². The van der Waals surface area contributed by atoms with E-state index >= 15 is 0 Å². The second-order valence-corrected chi connectivity index (χ2v) is 8.18. The number of nitrogens with one attached hydrogen (secondary N) is 1. The second kappa shape index (κ2) is 8.58. The van der Waals surface area contributed by atoms with Gasteiger partial charge in [0.25, 0.3) is 5.91 Å². The van der Waals surface area contributed by atoms with Gasteiger partial charge in [-0.25, -0.2) is 9.37 Å². The number of rotatable bonds is 5. The molecule has 1 N–H and O–H groups in total. The van der Waals surface area contributed by atoms with Gasteiger partial charge in [0.2, 0.25) is 0 Å². The molecule has 0 spiro atoms. The van der Waals surface area contributed by atoms with E-state index in [1.807, 2.05) is 29.7 Å². The zero-order chi connectivity index (χ0) is 19.3. The number of halogens is 1. The zero-order valence-electron chi connectivity index (χ0n) is 15.0. The summed E-state index contributed by atoms with van der Waals surface area (Å²) < 4.78 is 13.1. The van der Waals surface area contributed by atoms with Gasteiger partial charge in [-0.05, 0) is 35.9 Å². The van der Waals surface area contributed by atoms with E-state index in [2.05, 4.69) is 22.4 Å². The second-order valence-electron chi connectivity index (χ2n) is 6.21. The van der Waals surface area contributed by atoms with Crippen molar-refractivity contribution in [1.82, 2.24) is 9.88 Å². The van der Waals surface area contributed by atoms with Gasteiger partial charge in [-0.2, -0.15) is 0 Å². The topological polar surface area (TPSA) is 45.2 Å². The molecule has 1 amide bonds. The molecule has 1 saturated heterocycles. The average Bonchev–Trinajstić information content (AvgIpc) is 3.37. The fourth-order valence-electron chi connectivity index (χ4n) is 2.83. The summed E-state index contributed by atoms with van der Waals surface area (Å²) in [7, 11) is 0. The molecule has 0 unspecified atom stereocenters. The molecule has 4 rings (SSSR count). The quantitative estimate of drug-likeness (QED) is 0.636. The molecule has 2 heterocycles. The Morgan fingerprint density at radius 1 is 1.18 bits per heavy atom. The highest BCUT2D eigenvalue weighted by Gasteiger charge is 2.25. The van der Waals surface area contributed by atoms with Gasteiger partial charge in [0.1, 0.15) is 5.82 Å². The summed E-state index contributed by atoms with van der Waals surface area (Å²) in [6.07, 6.45) is 1.93. The van der Waals surface area contributed by atoms with Crippen LogP contribution in [-0.4, -0.2) is 28.1 Å². The maximum absolute atomic E-state index is 13.1. The summed E-state index contributed by atoms with van der Waals surface area (Å²) in [4.78, 5) is 19.1. The van der Waals surface area contributed by atoms with Gasteiger partial charge in [-0.15, -0.1) is 23.1 Å². The van der Waals surface area contributed by atoms with Crippen LogP contribution in [0.4, 0.5) is 9.52 Å². The summed E-state index contributed by atoms with van der Waals surface area (Å²) in [6.45, 7) is 1.35. The molecule has 0 radical (unpaired) electrons. The Kier molecular flexibility index (Phi) is 5.73.